The summed E-state index contributed by atoms with van der Waals surface area (Å²) in [7, 11) is 0. The van der Waals surface area contributed by atoms with Crippen molar-refractivity contribution in [1.29, 1.82) is 0 Å². The van der Waals surface area contributed by atoms with Crippen molar-refractivity contribution < 1.29 is 9.53 Å². The van der Waals surface area contributed by atoms with Crippen LogP contribution >= 0.6 is 11.6 Å². The van der Waals surface area contributed by atoms with Crippen molar-refractivity contribution in [2.24, 2.45) is 0 Å². The Balaban J connectivity index is 1.19. The van der Waals surface area contributed by atoms with Gasteiger partial charge >= 0.3 is 6.09 Å². The molecule has 0 aromatic carbocycles. The summed E-state index contributed by atoms with van der Waals surface area (Å²) in [6, 6.07) is 7.62. The lowest BCUT2D eigenvalue weighted by molar-refractivity contribution is 0.196. The van der Waals surface area contributed by atoms with E-state index in [0.717, 1.165) is 29.7 Å². The number of nitrogens with one attached hydrogen (secondary N) is 1. The zero-order valence-electron chi connectivity index (χ0n) is 16.1. The van der Waals surface area contributed by atoms with E-state index in [2.05, 4.69) is 30.9 Å². The standard InChI is InChI=1S/C21H19ClN6O2/c22-17-8-19(28-20(26-17)15(10-24-28)12-4-5-12)30-21(29)23-9-14-11-27-16(13-6-7-13)2-1-3-18(27)25-14/h1-3,8,10-13H,4-7,9H2,(H,23,29). The Hall–Kier alpha value is -3.13. The van der Waals surface area contributed by atoms with Crippen molar-refractivity contribution in [2.75, 3.05) is 0 Å². The molecule has 2 aliphatic carbocycles. The van der Waals surface area contributed by atoms with Gasteiger partial charge in [0.25, 0.3) is 0 Å². The predicted octanol–water partition coefficient (Wildman–Crippen LogP) is 4.07. The van der Waals surface area contributed by atoms with Crippen LogP contribution in [0.3, 0.4) is 0 Å². The SMILES string of the molecule is O=C(NCc1cn2c(C3CC3)cccc2n1)Oc1cc(Cl)nc2c(C3CC3)cnn12. The molecule has 4 aromatic heterocycles. The van der Waals surface area contributed by atoms with E-state index in [0.29, 0.717) is 17.5 Å². The van der Waals surface area contributed by atoms with E-state index in [9.17, 15) is 4.79 Å². The molecule has 0 bridgehead atoms. The maximum Gasteiger partial charge on any atom is 0.414 e. The Morgan fingerprint density at radius 3 is 2.83 bits per heavy atom. The molecule has 0 spiro atoms. The van der Waals surface area contributed by atoms with E-state index < -0.39 is 6.09 Å². The average molecular weight is 423 g/mol. The molecule has 2 aliphatic rings. The first-order chi connectivity index (χ1) is 14.7. The third-order valence-corrected chi connectivity index (χ3v) is 5.83. The van der Waals surface area contributed by atoms with Gasteiger partial charge in [-0.3, -0.25) is 0 Å². The number of imidazole rings is 1. The summed E-state index contributed by atoms with van der Waals surface area (Å²) < 4.78 is 9.11. The Morgan fingerprint density at radius 2 is 2.03 bits per heavy atom. The number of amides is 1. The highest BCUT2D eigenvalue weighted by Crippen LogP contribution is 2.42. The van der Waals surface area contributed by atoms with Crippen LogP contribution in [-0.2, 0) is 6.54 Å². The van der Waals surface area contributed by atoms with Crippen LogP contribution in [-0.4, -0.2) is 30.1 Å². The van der Waals surface area contributed by atoms with Crippen LogP contribution in [0.5, 0.6) is 5.88 Å². The smallest absolute Gasteiger partial charge is 0.391 e. The number of pyridine rings is 1. The maximum absolute atomic E-state index is 12.4. The van der Waals surface area contributed by atoms with Crippen LogP contribution in [0.25, 0.3) is 11.3 Å². The molecule has 4 aromatic rings. The summed E-state index contributed by atoms with van der Waals surface area (Å²) in [4.78, 5) is 21.4. The highest BCUT2D eigenvalue weighted by atomic mass is 35.5. The van der Waals surface area contributed by atoms with Crippen LogP contribution < -0.4 is 10.1 Å². The number of rotatable bonds is 5. The first-order valence-electron chi connectivity index (χ1n) is 10.1. The summed E-state index contributed by atoms with van der Waals surface area (Å²) >= 11 is 6.15. The van der Waals surface area contributed by atoms with Gasteiger partial charge in [-0.05, 0) is 49.7 Å². The van der Waals surface area contributed by atoms with Gasteiger partial charge in [0.05, 0.1) is 18.4 Å². The second-order valence-corrected chi connectivity index (χ2v) is 8.34. The highest BCUT2D eigenvalue weighted by Gasteiger charge is 2.29. The molecule has 2 fully saturated rings. The summed E-state index contributed by atoms with van der Waals surface area (Å²) in [5.74, 6) is 1.31. The first kappa shape index (κ1) is 17.7. The second-order valence-electron chi connectivity index (χ2n) is 7.96. The van der Waals surface area contributed by atoms with Gasteiger partial charge in [0.15, 0.2) is 5.65 Å². The fraction of sp³-hybridized carbons (Fsp3) is 0.333. The molecule has 6 rings (SSSR count). The lowest BCUT2D eigenvalue weighted by atomic mass is 10.2. The Morgan fingerprint density at radius 1 is 1.20 bits per heavy atom. The fourth-order valence-electron chi connectivity index (χ4n) is 3.85. The number of fused-ring (bicyclic) bond motifs is 2. The predicted molar refractivity (Wildman–Crippen MR) is 110 cm³/mol. The van der Waals surface area contributed by atoms with Crippen LogP contribution in [0.4, 0.5) is 4.79 Å². The summed E-state index contributed by atoms with van der Waals surface area (Å²) in [5.41, 5.74) is 4.61. The number of carbonyl (C=O) groups is 1. The molecular weight excluding hydrogens is 404 g/mol. The highest BCUT2D eigenvalue weighted by molar-refractivity contribution is 6.29. The van der Waals surface area contributed by atoms with Crippen molar-refractivity contribution in [3.05, 3.63) is 58.8 Å². The first-order valence-corrected chi connectivity index (χ1v) is 10.5. The zero-order chi connectivity index (χ0) is 20.2. The quantitative estimate of drug-likeness (QED) is 0.490. The van der Waals surface area contributed by atoms with Gasteiger partial charge < -0.3 is 14.5 Å². The second kappa shape index (κ2) is 6.70. The van der Waals surface area contributed by atoms with Crippen LogP contribution in [0.15, 0.2) is 36.7 Å². The molecule has 30 heavy (non-hydrogen) atoms. The van der Waals surface area contributed by atoms with Gasteiger partial charge in [0, 0.05) is 23.5 Å². The minimum Gasteiger partial charge on any atom is -0.391 e. The van der Waals surface area contributed by atoms with Crippen molar-refractivity contribution in [1.82, 2.24) is 29.3 Å². The Labute approximate surface area is 176 Å². The van der Waals surface area contributed by atoms with Gasteiger partial charge in [0.2, 0.25) is 5.88 Å². The number of nitrogens with zero attached hydrogens (tertiary/aromatic N) is 5. The topological polar surface area (TPSA) is 85.8 Å². The molecule has 152 valence electrons. The van der Waals surface area contributed by atoms with E-state index >= 15 is 0 Å². The average Bonchev–Trinajstić information content (AvgIpc) is 3.66. The molecule has 0 radical (unpaired) electrons. The minimum atomic E-state index is -0.596. The van der Waals surface area contributed by atoms with Crippen molar-refractivity contribution in [3.8, 4) is 5.88 Å². The molecular formula is C21H19ClN6O2. The fourth-order valence-corrected chi connectivity index (χ4v) is 4.03. The third kappa shape index (κ3) is 3.17. The number of ether oxygens (including phenoxy) is 1. The third-order valence-electron chi connectivity index (χ3n) is 5.63. The normalized spacial score (nSPS) is 16.3. The molecule has 1 N–H and O–H groups in total. The molecule has 0 aliphatic heterocycles. The van der Waals surface area contributed by atoms with Gasteiger partial charge in [-0.25, -0.2) is 14.8 Å². The summed E-state index contributed by atoms with van der Waals surface area (Å²) in [6.07, 6.45) is 7.82. The Kier molecular flexibility index (Phi) is 3.95. The number of halogens is 1. The number of hydrogen-bond donors (Lipinski definition) is 1. The van der Waals surface area contributed by atoms with Gasteiger partial charge in [-0.15, -0.1) is 0 Å². The van der Waals surface area contributed by atoms with E-state index in [1.807, 2.05) is 18.3 Å². The monoisotopic (exact) mass is 422 g/mol. The van der Waals surface area contributed by atoms with Crippen LogP contribution in [0.2, 0.25) is 5.15 Å². The van der Waals surface area contributed by atoms with Crippen molar-refractivity contribution in [3.63, 3.8) is 0 Å². The van der Waals surface area contributed by atoms with Gasteiger partial charge in [0.1, 0.15) is 10.8 Å². The van der Waals surface area contributed by atoms with Gasteiger partial charge in [-0.2, -0.15) is 9.61 Å². The van der Waals surface area contributed by atoms with E-state index in [4.69, 9.17) is 16.3 Å². The molecule has 1 amide bonds. The molecule has 0 atom stereocenters. The molecule has 4 heterocycles. The number of hydrogen-bond acceptors (Lipinski definition) is 5. The van der Waals surface area contributed by atoms with Crippen molar-refractivity contribution in [2.45, 2.75) is 44.1 Å². The summed E-state index contributed by atoms with van der Waals surface area (Å²) in [5, 5.41) is 7.35. The van der Waals surface area contributed by atoms with Crippen molar-refractivity contribution >= 4 is 29.0 Å². The van der Waals surface area contributed by atoms with E-state index in [-0.39, 0.29) is 17.6 Å². The minimum absolute atomic E-state index is 0.237. The summed E-state index contributed by atoms with van der Waals surface area (Å²) in [6.45, 7) is 0.263. The molecule has 9 heteroatoms. The van der Waals surface area contributed by atoms with E-state index in [1.165, 1.54) is 29.1 Å². The number of aromatic nitrogens is 5. The van der Waals surface area contributed by atoms with Crippen LogP contribution in [0.1, 0.15) is 54.5 Å². The molecule has 2 saturated carbocycles. The molecule has 0 saturated heterocycles. The van der Waals surface area contributed by atoms with E-state index in [1.54, 1.807) is 6.20 Å². The van der Waals surface area contributed by atoms with Gasteiger partial charge in [-0.1, -0.05) is 17.7 Å². The molecule has 0 unspecified atom stereocenters. The largest absolute Gasteiger partial charge is 0.414 e. The number of carbonyl (C=O) groups excluding carboxylic acids is 1. The van der Waals surface area contributed by atoms with Crippen LogP contribution in [0, 0.1) is 0 Å². The lowest BCUT2D eigenvalue weighted by Crippen LogP contribution is -2.27. The lowest BCUT2D eigenvalue weighted by Gasteiger charge is -2.07. The molecule has 8 nitrogen and oxygen atoms in total. The Bertz CT molecular complexity index is 1290. The zero-order valence-corrected chi connectivity index (χ0v) is 16.8. The maximum atomic E-state index is 12.4.